The Labute approximate surface area is 98.4 Å². The number of aromatic nitrogens is 1. The van der Waals surface area contributed by atoms with Gasteiger partial charge in [-0.25, -0.2) is 0 Å². The Hall–Kier alpha value is -1.61. The molecule has 0 saturated carbocycles. The zero-order chi connectivity index (χ0) is 11.5. The summed E-state index contributed by atoms with van der Waals surface area (Å²) in [4.78, 5) is 15.8. The summed E-state index contributed by atoms with van der Waals surface area (Å²) in [6.45, 7) is 2.48. The molecule has 0 fully saturated rings. The Kier molecular flexibility index (Phi) is 3.06. The fourth-order valence-electron chi connectivity index (χ4n) is 1.49. The molecule has 2 rings (SSSR count). The van der Waals surface area contributed by atoms with Crippen molar-refractivity contribution in [3.05, 3.63) is 41.0 Å². The van der Waals surface area contributed by atoms with E-state index >= 15 is 0 Å². The van der Waals surface area contributed by atoms with Crippen LogP contribution >= 0.6 is 11.6 Å². The predicted molar refractivity (Wildman–Crippen MR) is 64.8 cm³/mol. The molecule has 4 heteroatoms. The lowest BCUT2D eigenvalue weighted by molar-refractivity contribution is 0.0955. The molecule has 1 amide bonds. The number of hydrogen-bond acceptors (Lipinski definition) is 2. The molecule has 2 aromatic rings. The summed E-state index contributed by atoms with van der Waals surface area (Å²) in [7, 11) is 0. The number of hydrogen-bond donors (Lipinski definition) is 1. The number of amides is 1. The minimum Gasteiger partial charge on any atom is -0.352 e. The van der Waals surface area contributed by atoms with Gasteiger partial charge < -0.3 is 5.32 Å². The second kappa shape index (κ2) is 4.49. The van der Waals surface area contributed by atoms with Crippen molar-refractivity contribution in [3.63, 3.8) is 0 Å². The number of rotatable bonds is 2. The van der Waals surface area contributed by atoms with Crippen molar-refractivity contribution in [1.29, 1.82) is 0 Å². The Morgan fingerprint density at radius 1 is 1.44 bits per heavy atom. The van der Waals surface area contributed by atoms with Crippen LogP contribution in [0.15, 0.2) is 30.5 Å². The summed E-state index contributed by atoms with van der Waals surface area (Å²) in [5.74, 6) is -0.114. The number of nitrogens with zero attached hydrogens (tertiary/aromatic N) is 1. The number of carbonyl (C=O) groups excluding carboxylic acids is 1. The number of carbonyl (C=O) groups is 1. The second-order valence-corrected chi connectivity index (χ2v) is 3.86. The number of nitrogens with one attached hydrogen (secondary N) is 1. The molecule has 1 N–H and O–H groups in total. The van der Waals surface area contributed by atoms with E-state index < -0.39 is 0 Å². The van der Waals surface area contributed by atoms with E-state index in [-0.39, 0.29) is 5.91 Å². The van der Waals surface area contributed by atoms with Crippen LogP contribution in [-0.2, 0) is 0 Å². The van der Waals surface area contributed by atoms with E-state index in [1.54, 1.807) is 24.4 Å². The first-order valence-corrected chi connectivity index (χ1v) is 5.42. The average molecular weight is 235 g/mol. The molecule has 1 aromatic heterocycles. The van der Waals surface area contributed by atoms with E-state index in [1.165, 1.54) is 0 Å². The normalized spacial score (nSPS) is 10.4. The minimum atomic E-state index is -0.114. The van der Waals surface area contributed by atoms with Crippen molar-refractivity contribution < 1.29 is 4.79 Å². The Balaban J connectivity index is 2.46. The highest BCUT2D eigenvalue weighted by atomic mass is 35.5. The molecule has 0 saturated heterocycles. The van der Waals surface area contributed by atoms with Crippen LogP contribution in [0.5, 0.6) is 0 Å². The van der Waals surface area contributed by atoms with E-state index in [0.29, 0.717) is 17.1 Å². The van der Waals surface area contributed by atoms with E-state index in [9.17, 15) is 4.79 Å². The molecule has 1 heterocycles. The first-order valence-electron chi connectivity index (χ1n) is 5.04. The Morgan fingerprint density at radius 2 is 2.25 bits per heavy atom. The van der Waals surface area contributed by atoms with Crippen LogP contribution in [0.2, 0.25) is 5.02 Å². The summed E-state index contributed by atoms with van der Waals surface area (Å²) in [5.41, 5.74) is 1.38. The van der Waals surface area contributed by atoms with Gasteiger partial charge in [-0.3, -0.25) is 9.78 Å². The first-order chi connectivity index (χ1) is 7.70. The Bertz CT molecular complexity index is 540. The third-order valence-electron chi connectivity index (χ3n) is 2.24. The van der Waals surface area contributed by atoms with Crippen LogP contribution in [0.4, 0.5) is 0 Å². The van der Waals surface area contributed by atoms with Gasteiger partial charge in [-0.1, -0.05) is 11.6 Å². The molecular formula is C12H11ClN2O. The van der Waals surface area contributed by atoms with Crippen molar-refractivity contribution in [2.75, 3.05) is 6.54 Å². The minimum absolute atomic E-state index is 0.114. The molecule has 16 heavy (non-hydrogen) atoms. The highest BCUT2D eigenvalue weighted by Crippen LogP contribution is 2.18. The molecule has 82 valence electrons. The van der Waals surface area contributed by atoms with Gasteiger partial charge in [0.25, 0.3) is 5.91 Å². The first kappa shape index (κ1) is 10.9. The van der Waals surface area contributed by atoms with Gasteiger partial charge in [-0.2, -0.15) is 0 Å². The number of halogens is 1. The van der Waals surface area contributed by atoms with Crippen molar-refractivity contribution in [1.82, 2.24) is 10.3 Å². The largest absolute Gasteiger partial charge is 0.352 e. The SMILES string of the molecule is CCNC(=O)c1cnc2ccc(Cl)cc2c1. The quantitative estimate of drug-likeness (QED) is 0.868. The van der Waals surface area contributed by atoms with Crippen molar-refractivity contribution in [2.24, 2.45) is 0 Å². The molecule has 0 aliphatic carbocycles. The monoisotopic (exact) mass is 234 g/mol. The fourth-order valence-corrected chi connectivity index (χ4v) is 1.67. The van der Waals surface area contributed by atoms with Crippen molar-refractivity contribution >= 4 is 28.4 Å². The highest BCUT2D eigenvalue weighted by Gasteiger charge is 2.05. The maximum atomic E-state index is 11.6. The van der Waals surface area contributed by atoms with Crippen LogP contribution in [-0.4, -0.2) is 17.4 Å². The summed E-state index contributed by atoms with van der Waals surface area (Å²) in [6.07, 6.45) is 1.57. The van der Waals surface area contributed by atoms with E-state index in [2.05, 4.69) is 10.3 Å². The van der Waals surface area contributed by atoms with Gasteiger partial charge in [0.05, 0.1) is 11.1 Å². The van der Waals surface area contributed by atoms with E-state index in [0.717, 1.165) is 10.9 Å². The van der Waals surface area contributed by atoms with Crippen LogP contribution in [0.25, 0.3) is 10.9 Å². The molecule has 0 aliphatic rings. The average Bonchev–Trinajstić information content (AvgIpc) is 2.28. The van der Waals surface area contributed by atoms with E-state index in [1.807, 2.05) is 13.0 Å². The van der Waals surface area contributed by atoms with Gasteiger partial charge in [0.1, 0.15) is 0 Å². The summed E-state index contributed by atoms with van der Waals surface area (Å²) < 4.78 is 0. The summed E-state index contributed by atoms with van der Waals surface area (Å²) >= 11 is 5.88. The van der Waals surface area contributed by atoms with Crippen molar-refractivity contribution in [2.45, 2.75) is 6.92 Å². The maximum absolute atomic E-state index is 11.6. The number of fused-ring (bicyclic) bond motifs is 1. The molecule has 0 unspecified atom stereocenters. The van der Waals surface area contributed by atoms with Gasteiger partial charge in [-0.15, -0.1) is 0 Å². The van der Waals surface area contributed by atoms with Crippen LogP contribution in [0.3, 0.4) is 0 Å². The molecule has 0 bridgehead atoms. The van der Waals surface area contributed by atoms with Crippen LogP contribution < -0.4 is 5.32 Å². The molecule has 0 aliphatic heterocycles. The fraction of sp³-hybridized carbons (Fsp3) is 0.167. The standard InChI is InChI=1S/C12H11ClN2O/c1-2-14-12(16)9-5-8-6-10(13)3-4-11(8)15-7-9/h3-7H,2H2,1H3,(H,14,16). The number of benzene rings is 1. The molecule has 3 nitrogen and oxygen atoms in total. The molecule has 0 atom stereocenters. The Morgan fingerprint density at radius 3 is 3.00 bits per heavy atom. The molecule has 0 radical (unpaired) electrons. The second-order valence-electron chi connectivity index (χ2n) is 3.42. The van der Waals surface area contributed by atoms with Gasteiger partial charge >= 0.3 is 0 Å². The lowest BCUT2D eigenvalue weighted by Gasteiger charge is -2.03. The van der Waals surface area contributed by atoms with Gasteiger partial charge in [-0.05, 0) is 31.2 Å². The molecule has 0 spiro atoms. The zero-order valence-corrected chi connectivity index (χ0v) is 9.58. The maximum Gasteiger partial charge on any atom is 0.252 e. The van der Waals surface area contributed by atoms with Crippen molar-refractivity contribution in [3.8, 4) is 0 Å². The van der Waals surface area contributed by atoms with Gasteiger partial charge in [0, 0.05) is 23.2 Å². The van der Waals surface area contributed by atoms with E-state index in [4.69, 9.17) is 11.6 Å². The topological polar surface area (TPSA) is 42.0 Å². The molecule has 1 aromatic carbocycles. The number of pyridine rings is 1. The highest BCUT2D eigenvalue weighted by molar-refractivity contribution is 6.31. The smallest absolute Gasteiger partial charge is 0.252 e. The van der Waals surface area contributed by atoms with Crippen LogP contribution in [0.1, 0.15) is 17.3 Å². The predicted octanol–water partition coefficient (Wildman–Crippen LogP) is 2.64. The van der Waals surface area contributed by atoms with Gasteiger partial charge in [0.15, 0.2) is 0 Å². The lowest BCUT2D eigenvalue weighted by atomic mass is 10.1. The lowest BCUT2D eigenvalue weighted by Crippen LogP contribution is -2.22. The molecular weight excluding hydrogens is 224 g/mol. The van der Waals surface area contributed by atoms with Crippen LogP contribution in [0, 0.1) is 0 Å². The summed E-state index contributed by atoms with van der Waals surface area (Å²) in [6, 6.07) is 7.20. The third kappa shape index (κ3) is 2.14. The zero-order valence-electron chi connectivity index (χ0n) is 8.83. The third-order valence-corrected chi connectivity index (χ3v) is 2.48. The summed E-state index contributed by atoms with van der Waals surface area (Å²) in [5, 5.41) is 4.24. The van der Waals surface area contributed by atoms with Gasteiger partial charge in [0.2, 0.25) is 0 Å².